The molecule has 5 nitrogen and oxygen atoms in total. The van der Waals surface area contributed by atoms with Gasteiger partial charge in [-0.15, -0.1) is 0 Å². The fourth-order valence-electron chi connectivity index (χ4n) is 3.79. The summed E-state index contributed by atoms with van der Waals surface area (Å²) < 4.78 is 46.4. The summed E-state index contributed by atoms with van der Waals surface area (Å²) in [6.07, 6.45) is 2.34. The highest BCUT2D eigenvalue weighted by Crippen LogP contribution is 2.35. The van der Waals surface area contributed by atoms with Gasteiger partial charge < -0.3 is 9.64 Å². The molecule has 1 amide bonds. The fourth-order valence-corrected chi connectivity index (χ4v) is 3.79. The van der Waals surface area contributed by atoms with E-state index in [0.717, 1.165) is 0 Å². The van der Waals surface area contributed by atoms with Gasteiger partial charge in [-0.1, -0.05) is 0 Å². The molecule has 0 unspecified atom stereocenters. The van der Waals surface area contributed by atoms with Crippen molar-refractivity contribution in [2.45, 2.75) is 37.3 Å². The molecular weight excluding hydrogens is 335 g/mol. The molecule has 0 bridgehead atoms. The predicted octanol–water partition coefficient (Wildman–Crippen LogP) is 2.18. The Morgan fingerprint density at radius 1 is 1.40 bits per heavy atom. The molecule has 0 spiro atoms. The maximum Gasteiger partial charge on any atom is 0.275 e. The lowest BCUT2D eigenvalue weighted by Gasteiger charge is -2.38. The van der Waals surface area contributed by atoms with Crippen LogP contribution in [0.1, 0.15) is 29.8 Å². The average Bonchev–Trinajstić information content (AvgIpc) is 2.90. The van der Waals surface area contributed by atoms with Crippen molar-refractivity contribution in [2.24, 2.45) is 0 Å². The minimum atomic E-state index is -2.70. The van der Waals surface area contributed by atoms with Gasteiger partial charge in [-0.25, -0.2) is 18.2 Å². The number of halogens is 3. The molecule has 2 fully saturated rings. The van der Waals surface area contributed by atoms with Crippen LogP contribution in [0.15, 0.2) is 18.3 Å². The van der Waals surface area contributed by atoms with Crippen molar-refractivity contribution in [3.8, 4) is 0 Å². The van der Waals surface area contributed by atoms with E-state index in [4.69, 9.17) is 4.74 Å². The molecule has 8 heteroatoms. The van der Waals surface area contributed by atoms with Gasteiger partial charge in [0.1, 0.15) is 0 Å². The molecule has 3 heterocycles. The number of ether oxygens (including phenoxy) is 1. The first-order valence-corrected chi connectivity index (χ1v) is 8.43. The lowest BCUT2D eigenvalue weighted by molar-refractivity contribution is 0.00280. The van der Waals surface area contributed by atoms with Gasteiger partial charge in [-0.05, 0) is 25.0 Å². The first-order chi connectivity index (χ1) is 11.9. The molecule has 0 saturated carbocycles. The van der Waals surface area contributed by atoms with Crippen molar-refractivity contribution in [1.29, 1.82) is 0 Å². The molecule has 0 aliphatic carbocycles. The van der Waals surface area contributed by atoms with E-state index in [0.29, 0.717) is 25.9 Å². The second-order valence-corrected chi connectivity index (χ2v) is 6.70. The number of aromatic nitrogens is 1. The van der Waals surface area contributed by atoms with Gasteiger partial charge in [0.2, 0.25) is 0 Å². The van der Waals surface area contributed by atoms with E-state index in [2.05, 4.69) is 4.98 Å². The zero-order valence-electron chi connectivity index (χ0n) is 14.1. The Labute approximate surface area is 144 Å². The van der Waals surface area contributed by atoms with Crippen LogP contribution in [0.4, 0.5) is 13.2 Å². The quantitative estimate of drug-likeness (QED) is 0.829. The smallest absolute Gasteiger partial charge is 0.275 e. The van der Waals surface area contributed by atoms with Crippen LogP contribution in [-0.2, 0) is 4.74 Å². The summed E-state index contributed by atoms with van der Waals surface area (Å²) in [5.41, 5.74) is -0.189. The fraction of sp³-hybridized carbons (Fsp3) is 0.647. The number of pyridine rings is 1. The van der Waals surface area contributed by atoms with Crippen molar-refractivity contribution >= 4 is 5.91 Å². The zero-order valence-corrected chi connectivity index (χ0v) is 14.1. The van der Waals surface area contributed by atoms with Crippen molar-refractivity contribution in [1.82, 2.24) is 14.8 Å². The molecule has 0 aromatic carbocycles. The maximum atomic E-state index is 13.8. The van der Waals surface area contributed by atoms with E-state index < -0.39 is 17.6 Å². The summed E-state index contributed by atoms with van der Waals surface area (Å²) in [6, 6.07) is 2.31. The molecule has 1 atom stereocenters. The minimum absolute atomic E-state index is 0.0221. The highest BCUT2D eigenvalue weighted by Gasteiger charge is 2.47. The molecule has 2 saturated heterocycles. The lowest BCUT2D eigenvalue weighted by Crippen LogP contribution is -2.49. The molecule has 1 aromatic rings. The topological polar surface area (TPSA) is 45.7 Å². The molecule has 2 aliphatic rings. The molecule has 1 aromatic heterocycles. The number of carbonyl (C=O) groups is 1. The Kier molecular flexibility index (Phi) is 5.29. The molecule has 3 rings (SSSR count). The summed E-state index contributed by atoms with van der Waals surface area (Å²) in [5.74, 6) is -3.79. The number of amides is 1. The second kappa shape index (κ2) is 7.29. The standard InChI is InChI=1S/C17H22F3N3O2/c1-25-10-13-9-17(19,20)11-23(13)12-4-7-22(8-5-12)16(24)15-14(18)3-2-6-21-15/h2-3,6,12-13H,4-5,7-11H2,1H3/t13-/m0/s1. The molecular formula is C17H22F3N3O2. The Bertz CT molecular complexity index is 621. The van der Waals surface area contributed by atoms with Crippen LogP contribution in [0.2, 0.25) is 0 Å². The number of nitrogens with zero attached hydrogens (tertiary/aromatic N) is 3. The van der Waals surface area contributed by atoms with Gasteiger partial charge in [0.25, 0.3) is 11.8 Å². The van der Waals surface area contributed by atoms with E-state index in [1.807, 2.05) is 4.90 Å². The van der Waals surface area contributed by atoms with Crippen LogP contribution in [0.3, 0.4) is 0 Å². The molecule has 25 heavy (non-hydrogen) atoms. The molecule has 0 radical (unpaired) electrons. The van der Waals surface area contributed by atoms with Crippen molar-refractivity contribution in [2.75, 3.05) is 33.4 Å². The number of piperidine rings is 1. The van der Waals surface area contributed by atoms with Crippen LogP contribution in [-0.4, -0.2) is 72.0 Å². The third-order valence-corrected chi connectivity index (χ3v) is 4.96. The number of likely N-dealkylation sites (tertiary alicyclic amines) is 2. The van der Waals surface area contributed by atoms with Gasteiger partial charge in [-0.2, -0.15) is 0 Å². The van der Waals surface area contributed by atoms with Crippen molar-refractivity contribution < 1.29 is 22.7 Å². The normalized spacial score (nSPS) is 24.6. The first kappa shape index (κ1) is 18.1. The summed E-state index contributed by atoms with van der Waals surface area (Å²) in [4.78, 5) is 19.6. The SMILES string of the molecule is COC[C@@H]1CC(F)(F)CN1C1CCN(C(=O)c2ncccc2F)CC1. The second-order valence-electron chi connectivity index (χ2n) is 6.70. The van der Waals surface area contributed by atoms with Crippen molar-refractivity contribution in [3.05, 3.63) is 29.8 Å². The lowest BCUT2D eigenvalue weighted by atomic mass is 10.0. The van der Waals surface area contributed by atoms with Gasteiger partial charge in [0, 0.05) is 44.9 Å². The largest absolute Gasteiger partial charge is 0.383 e. The number of rotatable bonds is 4. The van der Waals surface area contributed by atoms with Gasteiger partial charge in [0.15, 0.2) is 11.5 Å². The van der Waals surface area contributed by atoms with Crippen LogP contribution in [0.5, 0.6) is 0 Å². The Morgan fingerprint density at radius 3 is 2.76 bits per heavy atom. The third kappa shape index (κ3) is 3.95. The summed E-state index contributed by atoms with van der Waals surface area (Å²) >= 11 is 0. The highest BCUT2D eigenvalue weighted by molar-refractivity contribution is 5.92. The van der Waals surface area contributed by atoms with E-state index in [1.165, 1.54) is 25.4 Å². The number of alkyl halides is 2. The third-order valence-electron chi connectivity index (χ3n) is 4.96. The number of methoxy groups -OCH3 is 1. The number of hydrogen-bond acceptors (Lipinski definition) is 4. The number of hydrogen-bond donors (Lipinski definition) is 0. The van der Waals surface area contributed by atoms with Crippen LogP contribution in [0, 0.1) is 5.82 Å². The molecule has 138 valence electrons. The van der Waals surface area contributed by atoms with E-state index in [-0.39, 0.29) is 37.4 Å². The molecule has 0 N–H and O–H groups in total. The van der Waals surface area contributed by atoms with E-state index in [1.54, 1.807) is 4.90 Å². The van der Waals surface area contributed by atoms with E-state index >= 15 is 0 Å². The van der Waals surface area contributed by atoms with Gasteiger partial charge in [-0.3, -0.25) is 9.69 Å². The maximum absolute atomic E-state index is 13.8. The Hall–Kier alpha value is -1.67. The first-order valence-electron chi connectivity index (χ1n) is 8.43. The average molecular weight is 357 g/mol. The Morgan fingerprint density at radius 2 is 2.12 bits per heavy atom. The number of carbonyl (C=O) groups excluding carboxylic acids is 1. The van der Waals surface area contributed by atoms with Crippen LogP contribution < -0.4 is 0 Å². The van der Waals surface area contributed by atoms with Crippen molar-refractivity contribution in [3.63, 3.8) is 0 Å². The summed E-state index contributed by atoms with van der Waals surface area (Å²) in [6.45, 7) is 0.810. The van der Waals surface area contributed by atoms with Crippen LogP contribution in [0.25, 0.3) is 0 Å². The minimum Gasteiger partial charge on any atom is -0.383 e. The van der Waals surface area contributed by atoms with Crippen LogP contribution >= 0.6 is 0 Å². The van der Waals surface area contributed by atoms with Gasteiger partial charge in [0.05, 0.1) is 13.2 Å². The summed E-state index contributed by atoms with van der Waals surface area (Å²) in [5, 5.41) is 0. The Balaban J connectivity index is 1.62. The summed E-state index contributed by atoms with van der Waals surface area (Å²) in [7, 11) is 1.51. The highest BCUT2D eigenvalue weighted by atomic mass is 19.3. The van der Waals surface area contributed by atoms with Gasteiger partial charge >= 0.3 is 0 Å². The molecule has 2 aliphatic heterocycles. The predicted molar refractivity (Wildman–Crippen MR) is 85.1 cm³/mol. The van der Waals surface area contributed by atoms with E-state index in [9.17, 15) is 18.0 Å². The zero-order chi connectivity index (χ0) is 18.0. The monoisotopic (exact) mass is 357 g/mol.